The number of carboxylic acid groups (broad SMARTS) is 1. The van der Waals surface area contributed by atoms with Gasteiger partial charge in [-0.05, 0) is 55.7 Å². The van der Waals surface area contributed by atoms with Crippen LogP contribution in [0.2, 0.25) is 0 Å². The Morgan fingerprint density at radius 1 is 1.23 bits per heavy atom. The lowest BCUT2D eigenvalue weighted by Gasteiger charge is -2.18. The molecule has 3 rings (SSSR count). The van der Waals surface area contributed by atoms with E-state index in [-0.39, 0.29) is 24.1 Å². The van der Waals surface area contributed by atoms with Crippen LogP contribution in [-0.2, 0) is 16.1 Å². The van der Waals surface area contributed by atoms with E-state index >= 15 is 0 Å². The quantitative estimate of drug-likeness (QED) is 0.801. The van der Waals surface area contributed by atoms with E-state index in [0.29, 0.717) is 18.7 Å². The number of nitrogens with zero attached hydrogens (tertiary/aromatic N) is 1. The fraction of sp³-hybridized carbons (Fsp3) is 0.316. The fourth-order valence-electron chi connectivity index (χ4n) is 2.96. The Labute approximate surface area is 150 Å². The van der Waals surface area contributed by atoms with Crippen LogP contribution in [0.3, 0.4) is 0 Å². The summed E-state index contributed by atoms with van der Waals surface area (Å²) in [5, 5.41) is 11.5. The van der Waals surface area contributed by atoms with Gasteiger partial charge in [0.25, 0.3) is 0 Å². The molecule has 2 heterocycles. The SMILES string of the molecule is Cc1ccc(N2CC[C@@H](C(=O)NCc3ccc(C(=O)O)o3)C2=O)cc1C. The van der Waals surface area contributed by atoms with Gasteiger partial charge in [-0.25, -0.2) is 4.79 Å². The van der Waals surface area contributed by atoms with Gasteiger partial charge in [0.2, 0.25) is 17.6 Å². The van der Waals surface area contributed by atoms with E-state index in [2.05, 4.69) is 5.32 Å². The molecule has 0 aliphatic carbocycles. The summed E-state index contributed by atoms with van der Waals surface area (Å²) in [5.41, 5.74) is 3.04. The highest BCUT2D eigenvalue weighted by Gasteiger charge is 2.37. The molecule has 136 valence electrons. The van der Waals surface area contributed by atoms with Gasteiger partial charge in [-0.3, -0.25) is 9.59 Å². The van der Waals surface area contributed by atoms with Gasteiger partial charge in [0.15, 0.2) is 0 Å². The number of aryl methyl sites for hydroxylation is 2. The molecule has 0 radical (unpaired) electrons. The van der Waals surface area contributed by atoms with E-state index in [1.807, 2.05) is 32.0 Å². The van der Waals surface area contributed by atoms with Crippen LogP contribution >= 0.6 is 0 Å². The van der Waals surface area contributed by atoms with E-state index in [1.54, 1.807) is 4.90 Å². The highest BCUT2D eigenvalue weighted by Crippen LogP contribution is 2.27. The minimum absolute atomic E-state index is 0.0412. The molecule has 0 unspecified atom stereocenters. The van der Waals surface area contributed by atoms with Crippen molar-refractivity contribution in [2.24, 2.45) is 5.92 Å². The molecule has 1 aromatic heterocycles. The summed E-state index contributed by atoms with van der Waals surface area (Å²) in [7, 11) is 0. The molecule has 26 heavy (non-hydrogen) atoms. The largest absolute Gasteiger partial charge is 0.475 e. The molecule has 1 aliphatic rings. The van der Waals surface area contributed by atoms with Crippen molar-refractivity contribution in [1.82, 2.24) is 5.32 Å². The van der Waals surface area contributed by atoms with Gasteiger partial charge in [0.1, 0.15) is 11.7 Å². The summed E-state index contributed by atoms with van der Waals surface area (Å²) in [4.78, 5) is 37.4. The molecule has 2 amide bonds. The Morgan fingerprint density at radius 3 is 2.65 bits per heavy atom. The number of carbonyl (C=O) groups is 3. The number of carbonyl (C=O) groups excluding carboxylic acids is 2. The van der Waals surface area contributed by atoms with Gasteiger partial charge in [-0.1, -0.05) is 6.07 Å². The molecule has 1 fully saturated rings. The topological polar surface area (TPSA) is 99.8 Å². The van der Waals surface area contributed by atoms with Crippen LogP contribution in [0.4, 0.5) is 5.69 Å². The van der Waals surface area contributed by atoms with Crippen LogP contribution in [0.15, 0.2) is 34.7 Å². The van der Waals surface area contributed by atoms with Gasteiger partial charge in [0, 0.05) is 12.2 Å². The molecule has 1 atom stereocenters. The van der Waals surface area contributed by atoms with Gasteiger partial charge in [-0.2, -0.15) is 0 Å². The average Bonchev–Trinajstić information content (AvgIpc) is 3.22. The molecular formula is C19H20N2O5. The molecule has 1 aliphatic heterocycles. The molecule has 0 spiro atoms. The van der Waals surface area contributed by atoms with E-state index in [1.165, 1.54) is 12.1 Å². The van der Waals surface area contributed by atoms with Gasteiger partial charge in [0.05, 0.1) is 6.54 Å². The lowest BCUT2D eigenvalue weighted by molar-refractivity contribution is -0.132. The monoisotopic (exact) mass is 356 g/mol. The Balaban J connectivity index is 1.62. The summed E-state index contributed by atoms with van der Waals surface area (Å²) >= 11 is 0. The molecule has 1 saturated heterocycles. The molecule has 0 bridgehead atoms. The van der Waals surface area contributed by atoms with Crippen molar-refractivity contribution in [3.63, 3.8) is 0 Å². The first-order valence-corrected chi connectivity index (χ1v) is 8.35. The predicted molar refractivity (Wildman–Crippen MR) is 93.9 cm³/mol. The van der Waals surface area contributed by atoms with Crippen LogP contribution in [0.1, 0.15) is 33.9 Å². The van der Waals surface area contributed by atoms with Crippen molar-refractivity contribution in [3.8, 4) is 0 Å². The van der Waals surface area contributed by atoms with Crippen molar-refractivity contribution >= 4 is 23.5 Å². The highest BCUT2D eigenvalue weighted by molar-refractivity contribution is 6.09. The third kappa shape index (κ3) is 3.46. The first-order chi connectivity index (χ1) is 12.4. The number of carboxylic acids is 1. The minimum atomic E-state index is -1.17. The zero-order chi connectivity index (χ0) is 18.8. The third-order valence-corrected chi connectivity index (χ3v) is 4.63. The molecule has 0 saturated carbocycles. The number of benzene rings is 1. The maximum absolute atomic E-state index is 12.6. The van der Waals surface area contributed by atoms with Crippen molar-refractivity contribution in [2.75, 3.05) is 11.4 Å². The first kappa shape index (κ1) is 17.7. The Bertz CT molecular complexity index is 871. The molecule has 1 aromatic carbocycles. The average molecular weight is 356 g/mol. The Hall–Kier alpha value is -3.09. The van der Waals surface area contributed by atoms with Crippen LogP contribution in [0.25, 0.3) is 0 Å². The Kier molecular flexibility index (Phi) is 4.79. The van der Waals surface area contributed by atoms with Crippen molar-refractivity contribution < 1.29 is 23.9 Å². The van der Waals surface area contributed by atoms with E-state index in [9.17, 15) is 14.4 Å². The second kappa shape index (κ2) is 7.03. The highest BCUT2D eigenvalue weighted by atomic mass is 16.4. The fourth-order valence-corrected chi connectivity index (χ4v) is 2.96. The van der Waals surface area contributed by atoms with Crippen LogP contribution < -0.4 is 10.2 Å². The lowest BCUT2D eigenvalue weighted by Crippen LogP contribution is -2.36. The second-order valence-electron chi connectivity index (χ2n) is 6.39. The van der Waals surface area contributed by atoms with Gasteiger partial charge >= 0.3 is 5.97 Å². The van der Waals surface area contributed by atoms with E-state index in [4.69, 9.17) is 9.52 Å². The summed E-state index contributed by atoms with van der Waals surface area (Å²) in [6, 6.07) is 8.61. The molecule has 2 aromatic rings. The van der Waals surface area contributed by atoms with Crippen molar-refractivity contribution in [2.45, 2.75) is 26.8 Å². The number of rotatable bonds is 5. The van der Waals surface area contributed by atoms with E-state index < -0.39 is 11.9 Å². The third-order valence-electron chi connectivity index (χ3n) is 4.63. The van der Waals surface area contributed by atoms with Crippen LogP contribution in [0.5, 0.6) is 0 Å². The number of furan rings is 1. The number of aromatic carboxylic acids is 1. The first-order valence-electron chi connectivity index (χ1n) is 8.35. The van der Waals surface area contributed by atoms with Crippen molar-refractivity contribution in [3.05, 3.63) is 53.0 Å². The normalized spacial score (nSPS) is 16.8. The zero-order valence-electron chi connectivity index (χ0n) is 14.6. The molecule has 7 heteroatoms. The number of amides is 2. The van der Waals surface area contributed by atoms with Crippen LogP contribution in [0, 0.1) is 19.8 Å². The zero-order valence-corrected chi connectivity index (χ0v) is 14.6. The van der Waals surface area contributed by atoms with Gasteiger partial charge in [-0.15, -0.1) is 0 Å². The second-order valence-corrected chi connectivity index (χ2v) is 6.39. The maximum Gasteiger partial charge on any atom is 0.371 e. The number of anilines is 1. The Morgan fingerprint density at radius 2 is 2.00 bits per heavy atom. The number of nitrogens with one attached hydrogen (secondary N) is 1. The standard InChI is InChI=1S/C19H20N2O5/c1-11-3-4-13(9-12(11)2)21-8-7-15(18(21)23)17(22)20-10-14-5-6-16(26-14)19(24)25/h3-6,9,15H,7-8,10H2,1-2H3,(H,20,22)(H,24,25)/t15-/m0/s1. The summed E-state index contributed by atoms with van der Waals surface area (Å²) in [5.74, 6) is -2.38. The molecule has 7 nitrogen and oxygen atoms in total. The molecular weight excluding hydrogens is 336 g/mol. The number of hydrogen-bond acceptors (Lipinski definition) is 4. The lowest BCUT2D eigenvalue weighted by atomic mass is 10.1. The van der Waals surface area contributed by atoms with Crippen LogP contribution in [-0.4, -0.2) is 29.4 Å². The minimum Gasteiger partial charge on any atom is -0.475 e. The maximum atomic E-state index is 12.6. The number of hydrogen-bond donors (Lipinski definition) is 2. The van der Waals surface area contributed by atoms with Gasteiger partial charge < -0.3 is 19.7 Å². The van der Waals surface area contributed by atoms with Crippen molar-refractivity contribution in [1.29, 1.82) is 0 Å². The summed E-state index contributed by atoms with van der Waals surface area (Å²) in [6.45, 7) is 4.52. The summed E-state index contributed by atoms with van der Waals surface area (Å²) < 4.78 is 5.09. The smallest absolute Gasteiger partial charge is 0.371 e. The predicted octanol–water partition coefficient (Wildman–Crippen LogP) is 2.26. The molecule has 2 N–H and O–H groups in total. The summed E-state index contributed by atoms with van der Waals surface area (Å²) in [6.07, 6.45) is 0.441. The van der Waals surface area contributed by atoms with E-state index in [0.717, 1.165) is 16.8 Å².